The molecule has 0 radical (unpaired) electrons. The van der Waals surface area contributed by atoms with Gasteiger partial charge in [0.05, 0.1) is 37.0 Å². The van der Waals surface area contributed by atoms with E-state index < -0.39 is 5.92 Å². The number of carbonyl (C=O) groups is 2. The predicted molar refractivity (Wildman–Crippen MR) is 109 cm³/mol. The summed E-state index contributed by atoms with van der Waals surface area (Å²) in [6, 6.07) is -0.333. The van der Waals surface area contributed by atoms with Crippen LogP contribution in [0.4, 0.5) is 0 Å². The highest BCUT2D eigenvalue weighted by Gasteiger charge is 2.34. The third-order valence-electron chi connectivity index (χ3n) is 5.53. The van der Waals surface area contributed by atoms with E-state index in [4.69, 9.17) is 4.74 Å². The number of imidazole rings is 1. The van der Waals surface area contributed by atoms with Crippen molar-refractivity contribution >= 4 is 12.3 Å². The minimum absolute atomic E-state index is 0.00353. The van der Waals surface area contributed by atoms with Crippen LogP contribution in [0.5, 0.6) is 0 Å². The zero-order chi connectivity index (χ0) is 21.4. The summed E-state index contributed by atoms with van der Waals surface area (Å²) in [5.74, 6) is 0.508. The Hall–Kier alpha value is -1.93. The maximum Gasteiger partial charge on any atom is 0.233 e. The molecule has 0 bridgehead atoms. The van der Waals surface area contributed by atoms with Crippen molar-refractivity contribution in [2.24, 2.45) is 17.3 Å². The number of ether oxygens (including phenoxy) is 1. The molecule has 1 fully saturated rings. The number of nitrogens with zero attached hydrogens (tertiary/aromatic N) is 2. The molecule has 0 spiro atoms. The van der Waals surface area contributed by atoms with Gasteiger partial charge in [-0.25, -0.2) is 10.0 Å². The van der Waals surface area contributed by atoms with Crippen molar-refractivity contribution in [2.45, 2.75) is 72.4 Å². The Labute approximate surface area is 173 Å². The fourth-order valence-corrected chi connectivity index (χ4v) is 3.95. The molecule has 1 saturated carbocycles. The molecule has 8 heteroatoms. The first-order valence-corrected chi connectivity index (χ1v) is 10.6. The lowest BCUT2D eigenvalue weighted by Crippen LogP contribution is -2.43. The van der Waals surface area contributed by atoms with E-state index in [1.54, 1.807) is 6.20 Å². The maximum atomic E-state index is 13.2. The molecule has 1 aromatic rings. The first-order valence-electron chi connectivity index (χ1n) is 10.6. The van der Waals surface area contributed by atoms with Gasteiger partial charge in [0.1, 0.15) is 5.82 Å². The van der Waals surface area contributed by atoms with Crippen molar-refractivity contribution in [1.82, 2.24) is 20.3 Å². The molecule has 0 saturated heterocycles. The number of amides is 2. The van der Waals surface area contributed by atoms with Crippen LogP contribution < -0.4 is 5.32 Å². The largest absolute Gasteiger partial charge is 0.375 e. The van der Waals surface area contributed by atoms with Gasteiger partial charge in [-0.3, -0.25) is 14.8 Å². The van der Waals surface area contributed by atoms with Crippen molar-refractivity contribution in [3.05, 3.63) is 17.7 Å². The molecule has 0 aromatic carbocycles. The number of carbonyl (C=O) groups excluding carboxylic acids is 2. The number of hydroxylamine groups is 2. The lowest BCUT2D eigenvalue weighted by Gasteiger charge is -2.32. The van der Waals surface area contributed by atoms with Crippen LogP contribution in [0.2, 0.25) is 0 Å². The number of rotatable bonds is 11. The lowest BCUT2D eigenvalue weighted by atomic mass is 9.85. The van der Waals surface area contributed by atoms with Crippen molar-refractivity contribution in [3.8, 4) is 0 Å². The van der Waals surface area contributed by atoms with Gasteiger partial charge in [0.2, 0.25) is 12.3 Å². The highest BCUT2D eigenvalue weighted by Crippen LogP contribution is 2.34. The first-order chi connectivity index (χ1) is 13.7. The highest BCUT2D eigenvalue weighted by molar-refractivity contribution is 5.79. The zero-order valence-corrected chi connectivity index (χ0v) is 18.1. The molecule has 3 N–H and O–H groups in total. The SMILES string of the molecule is CCOCc1cnc([C@@H](NC(=O)[C@H](CC2CCCC2)CN(O)C=O)C(C)(C)C)[nH]1. The van der Waals surface area contributed by atoms with Crippen LogP contribution in [0.15, 0.2) is 6.20 Å². The van der Waals surface area contributed by atoms with Crippen LogP contribution >= 0.6 is 0 Å². The Morgan fingerprint density at radius 3 is 2.72 bits per heavy atom. The van der Waals surface area contributed by atoms with Crippen LogP contribution in [0.25, 0.3) is 0 Å². The van der Waals surface area contributed by atoms with E-state index in [0.717, 1.165) is 18.5 Å². The molecular weight excluding hydrogens is 372 g/mol. The average molecular weight is 409 g/mol. The van der Waals surface area contributed by atoms with E-state index in [-0.39, 0.29) is 23.9 Å². The van der Waals surface area contributed by atoms with Gasteiger partial charge in [-0.15, -0.1) is 0 Å². The Bertz CT molecular complexity index is 649. The van der Waals surface area contributed by atoms with Crippen LogP contribution in [0, 0.1) is 17.3 Å². The number of hydrogen-bond acceptors (Lipinski definition) is 5. The summed E-state index contributed by atoms with van der Waals surface area (Å²) in [7, 11) is 0. The molecule has 1 aromatic heterocycles. The molecule has 164 valence electrons. The van der Waals surface area contributed by atoms with Gasteiger partial charge in [-0.2, -0.15) is 0 Å². The lowest BCUT2D eigenvalue weighted by molar-refractivity contribution is -0.155. The molecule has 29 heavy (non-hydrogen) atoms. The number of aromatic amines is 1. The second kappa shape index (κ2) is 10.7. The summed E-state index contributed by atoms with van der Waals surface area (Å²) in [5.41, 5.74) is 0.577. The Morgan fingerprint density at radius 2 is 2.14 bits per heavy atom. The standard InChI is InChI=1S/C21H36N4O4/c1-5-29-13-17-11-22-19(23-17)18(21(2,3)4)24-20(27)16(12-25(28)14-26)10-15-8-6-7-9-15/h11,14-16,18,28H,5-10,12-13H2,1-4H3,(H,22,23)(H,24,27)/t16-,18-/m1/s1. The normalized spacial score (nSPS) is 17.1. The van der Waals surface area contributed by atoms with E-state index >= 15 is 0 Å². The molecular formula is C21H36N4O4. The van der Waals surface area contributed by atoms with Gasteiger partial charge >= 0.3 is 0 Å². The van der Waals surface area contributed by atoms with Crippen molar-refractivity contribution in [1.29, 1.82) is 0 Å². The topological polar surface area (TPSA) is 108 Å². The quantitative estimate of drug-likeness (QED) is 0.296. The molecule has 1 aliphatic rings. The second-order valence-corrected chi connectivity index (χ2v) is 9.05. The highest BCUT2D eigenvalue weighted by atomic mass is 16.5. The van der Waals surface area contributed by atoms with Crippen LogP contribution in [0.3, 0.4) is 0 Å². The van der Waals surface area contributed by atoms with Crippen LogP contribution in [-0.4, -0.2) is 45.7 Å². The summed E-state index contributed by atoms with van der Waals surface area (Å²) in [4.78, 5) is 31.8. The van der Waals surface area contributed by atoms with Crippen molar-refractivity contribution in [3.63, 3.8) is 0 Å². The van der Waals surface area contributed by atoms with Crippen LogP contribution in [-0.2, 0) is 20.9 Å². The third-order valence-corrected chi connectivity index (χ3v) is 5.53. The van der Waals surface area contributed by atoms with E-state index in [1.807, 2.05) is 27.7 Å². The Balaban J connectivity index is 2.14. The predicted octanol–water partition coefficient (Wildman–Crippen LogP) is 3.19. The number of H-pyrrole nitrogens is 1. The Morgan fingerprint density at radius 1 is 1.45 bits per heavy atom. The monoisotopic (exact) mass is 408 g/mol. The molecule has 2 atom stereocenters. The maximum absolute atomic E-state index is 13.2. The summed E-state index contributed by atoms with van der Waals surface area (Å²) in [6.07, 6.45) is 7.29. The van der Waals surface area contributed by atoms with Gasteiger partial charge in [-0.1, -0.05) is 46.5 Å². The fraction of sp³-hybridized carbons (Fsp3) is 0.762. The van der Waals surface area contributed by atoms with Gasteiger partial charge in [0.25, 0.3) is 0 Å². The second-order valence-electron chi connectivity index (χ2n) is 9.05. The minimum atomic E-state index is -0.462. The first kappa shape index (κ1) is 23.3. The van der Waals surface area contributed by atoms with E-state index in [0.29, 0.717) is 42.9 Å². The van der Waals surface area contributed by atoms with E-state index in [2.05, 4.69) is 15.3 Å². The summed E-state index contributed by atoms with van der Waals surface area (Å²) in [5, 5.41) is 13.4. The molecule has 1 aliphatic carbocycles. The summed E-state index contributed by atoms with van der Waals surface area (Å²) in [6.45, 7) is 9.11. The van der Waals surface area contributed by atoms with Gasteiger partial charge in [0, 0.05) is 6.61 Å². The van der Waals surface area contributed by atoms with Gasteiger partial charge in [0.15, 0.2) is 0 Å². The summed E-state index contributed by atoms with van der Waals surface area (Å²) < 4.78 is 5.42. The molecule has 2 rings (SSSR count). The molecule has 2 amide bonds. The zero-order valence-electron chi connectivity index (χ0n) is 18.1. The molecule has 1 heterocycles. The fourth-order valence-electron chi connectivity index (χ4n) is 3.95. The van der Waals surface area contributed by atoms with Gasteiger partial charge in [-0.05, 0) is 24.7 Å². The van der Waals surface area contributed by atoms with Crippen LogP contribution in [0.1, 0.15) is 77.4 Å². The third kappa shape index (κ3) is 7.12. The summed E-state index contributed by atoms with van der Waals surface area (Å²) >= 11 is 0. The molecule has 8 nitrogen and oxygen atoms in total. The number of hydrogen-bond donors (Lipinski definition) is 3. The van der Waals surface area contributed by atoms with E-state index in [1.165, 1.54) is 12.8 Å². The Kier molecular flexibility index (Phi) is 8.64. The molecule has 0 aliphatic heterocycles. The van der Waals surface area contributed by atoms with E-state index in [9.17, 15) is 14.8 Å². The smallest absolute Gasteiger partial charge is 0.233 e. The molecule has 0 unspecified atom stereocenters. The number of aromatic nitrogens is 2. The van der Waals surface area contributed by atoms with Crippen molar-refractivity contribution in [2.75, 3.05) is 13.2 Å². The average Bonchev–Trinajstić information content (AvgIpc) is 3.34. The van der Waals surface area contributed by atoms with Crippen molar-refractivity contribution < 1.29 is 19.5 Å². The minimum Gasteiger partial charge on any atom is -0.375 e. The number of nitrogens with one attached hydrogen (secondary N) is 2. The van der Waals surface area contributed by atoms with Gasteiger partial charge < -0.3 is 15.0 Å².